The Kier molecular flexibility index (Phi) is 6.61. The number of esters is 1. The third-order valence-corrected chi connectivity index (χ3v) is 5.23. The summed E-state index contributed by atoms with van der Waals surface area (Å²) in [4.78, 5) is 27.3. The summed E-state index contributed by atoms with van der Waals surface area (Å²) < 4.78 is 5.57. The van der Waals surface area contributed by atoms with Crippen molar-refractivity contribution in [3.63, 3.8) is 0 Å². The lowest BCUT2D eigenvalue weighted by Gasteiger charge is -2.05. The van der Waals surface area contributed by atoms with Crippen molar-refractivity contribution < 1.29 is 14.3 Å². The molecule has 1 N–H and O–H groups in total. The van der Waals surface area contributed by atoms with E-state index in [4.69, 9.17) is 0 Å². The molecule has 2 rings (SSSR count). The van der Waals surface area contributed by atoms with E-state index >= 15 is 0 Å². The molecule has 0 aliphatic heterocycles. The van der Waals surface area contributed by atoms with Gasteiger partial charge in [-0.3, -0.25) is 9.59 Å². The number of carbonyl (C=O) groups is 2. The molecule has 0 bridgehead atoms. The summed E-state index contributed by atoms with van der Waals surface area (Å²) >= 11 is 3.32. The predicted octanol–water partition coefficient (Wildman–Crippen LogP) is 3.04. The van der Waals surface area contributed by atoms with Crippen LogP contribution in [-0.2, 0) is 15.3 Å². The van der Waals surface area contributed by atoms with Gasteiger partial charge < -0.3 is 10.1 Å². The molecule has 0 fully saturated rings. The third-order valence-electron chi connectivity index (χ3n) is 3.02. The number of nitrogens with zero attached hydrogens (tertiary/aromatic N) is 1. The van der Waals surface area contributed by atoms with E-state index in [1.165, 1.54) is 7.11 Å². The van der Waals surface area contributed by atoms with E-state index in [9.17, 15) is 9.59 Å². The first-order valence-corrected chi connectivity index (χ1v) is 8.94. The van der Waals surface area contributed by atoms with E-state index in [0.717, 1.165) is 21.3 Å². The Hall–Kier alpha value is -1.86. The summed E-state index contributed by atoms with van der Waals surface area (Å²) in [5.74, 6) is 0.288. The summed E-state index contributed by atoms with van der Waals surface area (Å²) in [5, 5.41) is 4.72. The van der Waals surface area contributed by atoms with Crippen LogP contribution in [0.4, 0.5) is 0 Å². The minimum atomic E-state index is -0.338. The Morgan fingerprint density at radius 1 is 1.30 bits per heavy atom. The van der Waals surface area contributed by atoms with Crippen LogP contribution in [0.1, 0.15) is 28.0 Å². The maximum atomic E-state index is 11.9. The van der Waals surface area contributed by atoms with Crippen molar-refractivity contribution in [2.75, 3.05) is 13.7 Å². The number of methoxy groups -OCH3 is 1. The molecule has 1 aromatic heterocycles. The maximum Gasteiger partial charge on any atom is 0.307 e. The molecule has 122 valence electrons. The minimum Gasteiger partial charge on any atom is -0.469 e. The van der Waals surface area contributed by atoms with Crippen LogP contribution in [0.2, 0.25) is 0 Å². The largest absolute Gasteiger partial charge is 0.469 e. The SMILES string of the molecule is COC(=O)CCNC(=O)c1ccc(CSc2nc(C)cs2)cc1. The molecule has 23 heavy (non-hydrogen) atoms. The van der Waals surface area contributed by atoms with Gasteiger partial charge in [0.15, 0.2) is 0 Å². The molecule has 7 heteroatoms. The minimum absolute atomic E-state index is 0.171. The van der Waals surface area contributed by atoms with Gasteiger partial charge in [-0.1, -0.05) is 23.9 Å². The Morgan fingerprint density at radius 2 is 2.04 bits per heavy atom. The van der Waals surface area contributed by atoms with Crippen molar-refractivity contribution in [3.05, 3.63) is 46.5 Å². The number of hydrogen-bond donors (Lipinski definition) is 1. The lowest BCUT2D eigenvalue weighted by Crippen LogP contribution is -2.26. The topological polar surface area (TPSA) is 68.3 Å². The Bertz CT molecular complexity index is 668. The molecule has 1 amide bonds. The van der Waals surface area contributed by atoms with Crippen molar-refractivity contribution in [2.45, 2.75) is 23.4 Å². The fourth-order valence-corrected chi connectivity index (χ4v) is 3.58. The molecule has 5 nitrogen and oxygen atoms in total. The normalized spacial score (nSPS) is 10.3. The average molecular weight is 350 g/mol. The molecule has 1 heterocycles. The molecule has 0 saturated carbocycles. The highest BCUT2D eigenvalue weighted by molar-refractivity contribution is 8.00. The first-order valence-electron chi connectivity index (χ1n) is 7.07. The van der Waals surface area contributed by atoms with Gasteiger partial charge in [-0.2, -0.15) is 0 Å². The number of rotatable bonds is 7. The highest BCUT2D eigenvalue weighted by Gasteiger charge is 2.07. The quantitative estimate of drug-likeness (QED) is 0.614. The fourth-order valence-electron chi connectivity index (χ4n) is 1.78. The van der Waals surface area contributed by atoms with Crippen molar-refractivity contribution in [1.82, 2.24) is 10.3 Å². The highest BCUT2D eigenvalue weighted by Crippen LogP contribution is 2.26. The van der Waals surface area contributed by atoms with E-state index in [1.54, 1.807) is 35.2 Å². The van der Waals surface area contributed by atoms with E-state index < -0.39 is 0 Å². The molecule has 0 spiro atoms. The molecule has 0 saturated heterocycles. The molecule has 0 aliphatic rings. The molecule has 0 radical (unpaired) electrons. The number of thiazole rings is 1. The number of aromatic nitrogens is 1. The number of amides is 1. The van der Waals surface area contributed by atoms with E-state index in [-0.39, 0.29) is 24.8 Å². The van der Waals surface area contributed by atoms with Crippen molar-refractivity contribution in [2.24, 2.45) is 0 Å². The molecular formula is C16H18N2O3S2. The predicted molar refractivity (Wildman–Crippen MR) is 91.8 cm³/mol. The fraction of sp³-hybridized carbons (Fsp3) is 0.312. The van der Waals surface area contributed by atoms with Gasteiger partial charge in [-0.15, -0.1) is 11.3 Å². The number of ether oxygens (including phenoxy) is 1. The molecule has 0 aliphatic carbocycles. The van der Waals surface area contributed by atoms with Crippen LogP contribution < -0.4 is 5.32 Å². The maximum absolute atomic E-state index is 11.9. The van der Waals surface area contributed by atoms with Gasteiger partial charge in [0.2, 0.25) is 0 Å². The van der Waals surface area contributed by atoms with Crippen LogP contribution in [0.15, 0.2) is 34.0 Å². The number of nitrogens with one attached hydrogen (secondary N) is 1. The molecule has 0 unspecified atom stereocenters. The van der Waals surface area contributed by atoms with Gasteiger partial charge in [0, 0.05) is 28.9 Å². The summed E-state index contributed by atoms with van der Waals surface area (Å²) in [6.07, 6.45) is 0.171. The molecule has 0 atom stereocenters. The smallest absolute Gasteiger partial charge is 0.307 e. The molecule has 2 aromatic rings. The highest BCUT2D eigenvalue weighted by atomic mass is 32.2. The monoisotopic (exact) mass is 350 g/mol. The third kappa shape index (κ3) is 5.69. The van der Waals surface area contributed by atoms with E-state index in [1.807, 2.05) is 24.4 Å². The van der Waals surface area contributed by atoms with Gasteiger partial charge in [0.1, 0.15) is 4.34 Å². The Balaban J connectivity index is 1.81. The van der Waals surface area contributed by atoms with Gasteiger partial charge >= 0.3 is 5.97 Å². The van der Waals surface area contributed by atoms with Gasteiger partial charge in [-0.25, -0.2) is 4.98 Å². The van der Waals surface area contributed by atoms with Crippen LogP contribution in [0.5, 0.6) is 0 Å². The first-order chi connectivity index (χ1) is 11.1. The number of thioether (sulfide) groups is 1. The van der Waals surface area contributed by atoms with Crippen molar-refractivity contribution in [1.29, 1.82) is 0 Å². The first kappa shape index (κ1) is 17.5. The number of benzene rings is 1. The van der Waals surface area contributed by atoms with Gasteiger partial charge in [0.05, 0.1) is 13.5 Å². The van der Waals surface area contributed by atoms with Crippen molar-refractivity contribution >= 4 is 35.0 Å². The van der Waals surface area contributed by atoms with Crippen molar-refractivity contribution in [3.8, 4) is 0 Å². The zero-order valence-electron chi connectivity index (χ0n) is 13.0. The number of carbonyl (C=O) groups excluding carboxylic acids is 2. The van der Waals surface area contributed by atoms with Crippen LogP contribution in [0.25, 0.3) is 0 Å². The molecule has 1 aromatic carbocycles. The van der Waals surface area contributed by atoms with E-state index in [2.05, 4.69) is 15.0 Å². The summed E-state index contributed by atoms with van der Waals surface area (Å²) in [5.41, 5.74) is 2.75. The zero-order chi connectivity index (χ0) is 16.7. The lowest BCUT2D eigenvalue weighted by atomic mass is 10.1. The van der Waals surface area contributed by atoms with Gasteiger partial charge in [-0.05, 0) is 24.6 Å². The molecular weight excluding hydrogens is 332 g/mol. The summed E-state index contributed by atoms with van der Waals surface area (Å²) in [6.45, 7) is 2.25. The number of hydrogen-bond acceptors (Lipinski definition) is 6. The van der Waals surface area contributed by atoms with Crippen LogP contribution in [0, 0.1) is 6.92 Å². The Labute approximate surface area is 143 Å². The average Bonchev–Trinajstić information content (AvgIpc) is 2.98. The second kappa shape index (κ2) is 8.69. The standard InChI is InChI=1S/C16H18N2O3S2/c1-11-9-22-16(18-11)23-10-12-3-5-13(6-4-12)15(20)17-8-7-14(19)21-2/h3-6,9H,7-8,10H2,1-2H3,(H,17,20). The summed E-state index contributed by atoms with van der Waals surface area (Å²) in [6, 6.07) is 7.44. The van der Waals surface area contributed by atoms with Crippen LogP contribution in [-0.4, -0.2) is 30.5 Å². The number of aryl methyl sites for hydroxylation is 1. The second-order valence-corrected chi connectivity index (χ2v) is 6.90. The van der Waals surface area contributed by atoms with Crippen LogP contribution in [0.3, 0.4) is 0 Å². The van der Waals surface area contributed by atoms with Crippen LogP contribution >= 0.6 is 23.1 Å². The zero-order valence-corrected chi connectivity index (χ0v) is 14.6. The van der Waals surface area contributed by atoms with E-state index in [0.29, 0.717) is 5.56 Å². The van der Waals surface area contributed by atoms with Gasteiger partial charge in [0.25, 0.3) is 5.91 Å². The Morgan fingerprint density at radius 3 is 2.65 bits per heavy atom. The summed E-state index contributed by atoms with van der Waals surface area (Å²) in [7, 11) is 1.33. The lowest BCUT2D eigenvalue weighted by molar-refractivity contribution is -0.140. The second-order valence-electron chi connectivity index (χ2n) is 4.82.